The van der Waals surface area contributed by atoms with Gasteiger partial charge in [0.15, 0.2) is 17.5 Å². The summed E-state index contributed by atoms with van der Waals surface area (Å²) >= 11 is 0. The van der Waals surface area contributed by atoms with E-state index in [0.717, 1.165) is 13.2 Å². The van der Waals surface area contributed by atoms with Crippen molar-refractivity contribution in [2.75, 3.05) is 7.11 Å². The highest BCUT2D eigenvalue weighted by Crippen LogP contribution is 2.35. The van der Waals surface area contributed by atoms with Crippen molar-refractivity contribution in [2.45, 2.75) is 6.18 Å². The molecule has 0 unspecified atom stereocenters. The SMILES string of the molecule is COC(=O)c1cc(-c2nc(-c3ccccc3O)nc(-c3ccccc3O)n2)cc(C(F)(F)F)c1. The van der Waals surface area contributed by atoms with Crippen LogP contribution in [0.4, 0.5) is 13.2 Å². The lowest BCUT2D eigenvalue weighted by atomic mass is 10.0. The van der Waals surface area contributed by atoms with Gasteiger partial charge < -0.3 is 14.9 Å². The number of benzene rings is 3. The summed E-state index contributed by atoms with van der Waals surface area (Å²) < 4.78 is 45.2. The van der Waals surface area contributed by atoms with Crippen LogP contribution in [0, 0.1) is 0 Å². The maximum absolute atomic E-state index is 13.6. The number of ether oxygens (including phenoxy) is 1. The van der Waals surface area contributed by atoms with E-state index in [0.29, 0.717) is 6.07 Å². The molecule has 0 spiro atoms. The van der Waals surface area contributed by atoms with E-state index in [1.165, 1.54) is 30.3 Å². The summed E-state index contributed by atoms with van der Waals surface area (Å²) in [6.45, 7) is 0. The molecule has 0 bridgehead atoms. The molecule has 172 valence electrons. The zero-order valence-electron chi connectivity index (χ0n) is 17.5. The predicted octanol–water partition coefficient (Wildman–Crippen LogP) is 5.09. The quantitative estimate of drug-likeness (QED) is 0.403. The zero-order valence-corrected chi connectivity index (χ0v) is 17.5. The van der Waals surface area contributed by atoms with E-state index < -0.39 is 17.7 Å². The first kappa shape index (κ1) is 22.7. The lowest BCUT2D eigenvalue weighted by Crippen LogP contribution is -2.10. The largest absolute Gasteiger partial charge is 0.507 e. The highest BCUT2D eigenvalue weighted by atomic mass is 19.4. The summed E-state index contributed by atoms with van der Waals surface area (Å²) in [6, 6.07) is 14.9. The minimum absolute atomic E-state index is 0.0432. The first-order valence-electron chi connectivity index (χ1n) is 9.81. The Kier molecular flexibility index (Phi) is 5.89. The Morgan fingerprint density at radius 1 is 0.794 bits per heavy atom. The minimum atomic E-state index is -4.76. The number of esters is 1. The van der Waals surface area contributed by atoms with Crippen LogP contribution in [0.15, 0.2) is 66.7 Å². The number of phenols is 2. The van der Waals surface area contributed by atoms with E-state index in [-0.39, 0.29) is 51.2 Å². The van der Waals surface area contributed by atoms with Crippen molar-refractivity contribution in [1.29, 1.82) is 0 Å². The molecule has 34 heavy (non-hydrogen) atoms. The lowest BCUT2D eigenvalue weighted by Gasteiger charge is -2.13. The fraction of sp³-hybridized carbons (Fsp3) is 0.0833. The molecule has 0 saturated heterocycles. The van der Waals surface area contributed by atoms with Crippen LogP contribution in [0.25, 0.3) is 34.2 Å². The van der Waals surface area contributed by atoms with E-state index in [1.807, 2.05) is 0 Å². The summed E-state index contributed by atoms with van der Waals surface area (Å²) in [4.78, 5) is 24.9. The zero-order chi connectivity index (χ0) is 24.5. The normalized spacial score (nSPS) is 11.3. The average molecular weight is 467 g/mol. The topological polar surface area (TPSA) is 105 Å². The van der Waals surface area contributed by atoms with E-state index >= 15 is 0 Å². The van der Waals surface area contributed by atoms with Crippen molar-refractivity contribution in [3.63, 3.8) is 0 Å². The number of aromatic nitrogens is 3. The second-order valence-corrected chi connectivity index (χ2v) is 7.13. The number of carbonyl (C=O) groups is 1. The van der Waals surface area contributed by atoms with Crippen LogP contribution in [-0.4, -0.2) is 38.2 Å². The van der Waals surface area contributed by atoms with Gasteiger partial charge in [-0.05, 0) is 42.5 Å². The molecule has 0 aliphatic heterocycles. The van der Waals surface area contributed by atoms with Crippen LogP contribution < -0.4 is 0 Å². The van der Waals surface area contributed by atoms with Crippen molar-refractivity contribution in [3.05, 3.63) is 77.9 Å². The van der Waals surface area contributed by atoms with E-state index in [2.05, 4.69) is 19.7 Å². The maximum Gasteiger partial charge on any atom is 0.416 e. The highest BCUT2D eigenvalue weighted by molar-refractivity contribution is 5.91. The Morgan fingerprint density at radius 3 is 1.76 bits per heavy atom. The smallest absolute Gasteiger partial charge is 0.416 e. The molecule has 0 radical (unpaired) electrons. The third-order valence-electron chi connectivity index (χ3n) is 4.86. The van der Waals surface area contributed by atoms with Crippen LogP contribution in [-0.2, 0) is 10.9 Å². The molecule has 4 rings (SSSR count). The van der Waals surface area contributed by atoms with Crippen LogP contribution in [0.5, 0.6) is 11.5 Å². The molecule has 0 fully saturated rings. The van der Waals surface area contributed by atoms with Gasteiger partial charge in [0.05, 0.1) is 29.4 Å². The van der Waals surface area contributed by atoms with E-state index in [4.69, 9.17) is 0 Å². The molecule has 10 heteroatoms. The number of hydrogen-bond donors (Lipinski definition) is 2. The predicted molar refractivity (Wildman–Crippen MR) is 116 cm³/mol. The van der Waals surface area contributed by atoms with Crippen molar-refractivity contribution < 1.29 is 32.9 Å². The van der Waals surface area contributed by atoms with Crippen LogP contribution in [0.3, 0.4) is 0 Å². The molecular formula is C24H16F3N3O4. The Hall–Kier alpha value is -4.47. The number of methoxy groups -OCH3 is 1. The number of carbonyl (C=O) groups excluding carboxylic acids is 1. The third-order valence-corrected chi connectivity index (χ3v) is 4.86. The Labute approximate surface area is 191 Å². The maximum atomic E-state index is 13.6. The first-order valence-corrected chi connectivity index (χ1v) is 9.81. The van der Waals surface area contributed by atoms with Crippen molar-refractivity contribution in [2.24, 2.45) is 0 Å². The second-order valence-electron chi connectivity index (χ2n) is 7.13. The molecule has 4 aromatic rings. The standard InChI is InChI=1S/C24H16F3N3O4/c1-34-23(33)14-10-13(11-15(12-14)24(25,26)27)20-28-21(16-6-2-4-8-18(16)31)30-22(29-20)17-7-3-5-9-19(17)32/h2-12,31-32H,1H3. The summed E-state index contributed by atoms with van der Waals surface area (Å²) in [7, 11) is 1.05. The van der Waals surface area contributed by atoms with Gasteiger partial charge in [-0.2, -0.15) is 13.2 Å². The van der Waals surface area contributed by atoms with Gasteiger partial charge in [0, 0.05) is 5.56 Å². The van der Waals surface area contributed by atoms with Gasteiger partial charge >= 0.3 is 12.1 Å². The molecule has 0 saturated carbocycles. The van der Waals surface area contributed by atoms with Gasteiger partial charge in [0.2, 0.25) is 0 Å². The number of phenolic OH excluding ortho intramolecular Hbond substituents is 2. The molecule has 0 atom stereocenters. The van der Waals surface area contributed by atoms with Gasteiger partial charge in [-0.3, -0.25) is 0 Å². The molecule has 0 amide bonds. The molecule has 2 N–H and O–H groups in total. The number of para-hydroxylation sites is 2. The number of halogens is 3. The van der Waals surface area contributed by atoms with Crippen molar-refractivity contribution in [3.8, 4) is 45.7 Å². The van der Waals surface area contributed by atoms with Gasteiger partial charge in [0.25, 0.3) is 0 Å². The van der Waals surface area contributed by atoms with Gasteiger partial charge in [-0.15, -0.1) is 0 Å². The first-order chi connectivity index (χ1) is 16.2. The minimum Gasteiger partial charge on any atom is -0.507 e. The summed E-state index contributed by atoms with van der Waals surface area (Å²) in [5, 5.41) is 20.6. The molecule has 1 aromatic heterocycles. The Balaban J connectivity index is 2.01. The second kappa shape index (κ2) is 8.81. The molecule has 0 aliphatic carbocycles. The van der Waals surface area contributed by atoms with Crippen LogP contribution in [0.2, 0.25) is 0 Å². The Bertz CT molecular complexity index is 1330. The monoisotopic (exact) mass is 467 g/mol. The molecular weight excluding hydrogens is 451 g/mol. The third kappa shape index (κ3) is 4.51. The average Bonchev–Trinajstić information content (AvgIpc) is 2.83. The van der Waals surface area contributed by atoms with Gasteiger partial charge in [-0.1, -0.05) is 24.3 Å². The number of alkyl halides is 3. The van der Waals surface area contributed by atoms with Crippen LogP contribution >= 0.6 is 0 Å². The lowest BCUT2D eigenvalue weighted by molar-refractivity contribution is -0.137. The van der Waals surface area contributed by atoms with Crippen molar-refractivity contribution in [1.82, 2.24) is 15.0 Å². The number of aromatic hydroxyl groups is 2. The summed E-state index contributed by atoms with van der Waals surface area (Å²) in [5.41, 5.74) is -1.18. The number of hydrogen-bond acceptors (Lipinski definition) is 7. The molecule has 0 aliphatic rings. The molecule has 1 heterocycles. The summed E-state index contributed by atoms with van der Waals surface area (Å²) in [5.74, 6) is -1.59. The number of nitrogens with zero attached hydrogens (tertiary/aromatic N) is 3. The van der Waals surface area contributed by atoms with E-state index in [1.54, 1.807) is 24.3 Å². The fourth-order valence-corrected chi connectivity index (χ4v) is 3.23. The van der Waals surface area contributed by atoms with Gasteiger partial charge in [-0.25, -0.2) is 19.7 Å². The van der Waals surface area contributed by atoms with Crippen molar-refractivity contribution >= 4 is 5.97 Å². The summed E-state index contributed by atoms with van der Waals surface area (Å²) in [6.07, 6.45) is -4.76. The van der Waals surface area contributed by atoms with E-state index in [9.17, 15) is 28.2 Å². The fourth-order valence-electron chi connectivity index (χ4n) is 3.23. The van der Waals surface area contributed by atoms with Gasteiger partial charge in [0.1, 0.15) is 11.5 Å². The Morgan fingerprint density at radius 2 is 1.29 bits per heavy atom. The number of rotatable bonds is 4. The van der Waals surface area contributed by atoms with Crippen LogP contribution in [0.1, 0.15) is 15.9 Å². The molecule has 7 nitrogen and oxygen atoms in total. The molecule has 3 aromatic carbocycles. The highest BCUT2D eigenvalue weighted by Gasteiger charge is 2.32.